The maximum absolute atomic E-state index is 11.4. The molecule has 2 aromatic carbocycles. The van der Waals surface area contributed by atoms with Gasteiger partial charge in [0.1, 0.15) is 5.75 Å². The number of phenols is 1. The number of phenolic OH excluding ortho intramolecular Hbond substituents is 1. The zero-order chi connectivity index (χ0) is 23.6. The second kappa shape index (κ2) is 9.27. The highest BCUT2D eigenvalue weighted by atomic mass is 16.3. The fourth-order valence-corrected chi connectivity index (χ4v) is 4.21. The molecule has 2 N–H and O–H groups in total. The molecule has 0 fully saturated rings. The maximum atomic E-state index is 11.4. The van der Waals surface area contributed by atoms with Crippen molar-refractivity contribution in [1.29, 1.82) is 0 Å². The Kier molecular flexibility index (Phi) is 7.56. The molecule has 2 aromatic rings. The van der Waals surface area contributed by atoms with E-state index in [4.69, 9.17) is 0 Å². The molecule has 0 bridgehead atoms. The van der Waals surface area contributed by atoms with Crippen LogP contribution in [0.25, 0.3) is 0 Å². The van der Waals surface area contributed by atoms with Gasteiger partial charge in [-0.3, -0.25) is 0 Å². The third-order valence-electron chi connectivity index (χ3n) is 6.43. The van der Waals surface area contributed by atoms with Crippen molar-refractivity contribution in [2.75, 3.05) is 5.32 Å². The Labute approximate surface area is 191 Å². The van der Waals surface area contributed by atoms with E-state index in [9.17, 15) is 5.11 Å². The van der Waals surface area contributed by atoms with E-state index in [1.54, 1.807) is 0 Å². The van der Waals surface area contributed by atoms with Crippen LogP contribution in [0, 0.1) is 11.3 Å². The van der Waals surface area contributed by atoms with Crippen LogP contribution in [0.4, 0.5) is 11.4 Å². The molecule has 172 valence electrons. The Hall–Kier alpha value is -1.96. The minimum absolute atomic E-state index is 0.103. The summed E-state index contributed by atoms with van der Waals surface area (Å²) in [6.07, 6.45) is 3.18. The van der Waals surface area contributed by atoms with E-state index in [-0.39, 0.29) is 16.2 Å². The molecule has 0 spiro atoms. The summed E-state index contributed by atoms with van der Waals surface area (Å²) in [7, 11) is 0. The second-order valence-corrected chi connectivity index (χ2v) is 12.2. The number of aromatic hydroxyl groups is 1. The molecule has 2 nitrogen and oxygen atoms in total. The van der Waals surface area contributed by atoms with Gasteiger partial charge in [-0.25, -0.2) is 0 Å². The summed E-state index contributed by atoms with van der Waals surface area (Å²) in [6, 6.07) is 12.9. The van der Waals surface area contributed by atoms with E-state index in [1.807, 2.05) is 0 Å². The SMILES string of the molecule is CCCC(Cc1c(Nc2ccc(C(C)(C)C)cc2)ccc(C(C)(C)C)c1O)C(C)(C)C. The molecule has 0 aliphatic heterocycles. The zero-order valence-corrected chi connectivity index (χ0v) is 21.6. The Morgan fingerprint density at radius 3 is 1.84 bits per heavy atom. The van der Waals surface area contributed by atoms with Gasteiger partial charge >= 0.3 is 0 Å². The van der Waals surface area contributed by atoms with Crippen LogP contribution in [0.15, 0.2) is 36.4 Å². The molecule has 0 heterocycles. The third-order valence-corrected chi connectivity index (χ3v) is 6.43. The average Bonchev–Trinajstić information content (AvgIpc) is 2.61. The predicted octanol–water partition coefficient (Wildman–Crippen LogP) is 8.74. The van der Waals surface area contributed by atoms with Gasteiger partial charge in [-0.2, -0.15) is 0 Å². The van der Waals surface area contributed by atoms with Crippen molar-refractivity contribution in [2.24, 2.45) is 11.3 Å². The highest BCUT2D eigenvalue weighted by Crippen LogP contribution is 2.42. The van der Waals surface area contributed by atoms with E-state index in [2.05, 4.69) is 111 Å². The molecule has 1 atom stereocenters. The third kappa shape index (κ3) is 6.51. The lowest BCUT2D eigenvalue weighted by atomic mass is 9.74. The van der Waals surface area contributed by atoms with Gasteiger partial charge < -0.3 is 10.4 Å². The smallest absolute Gasteiger partial charge is 0.124 e. The van der Waals surface area contributed by atoms with Crippen molar-refractivity contribution in [1.82, 2.24) is 0 Å². The van der Waals surface area contributed by atoms with Crippen LogP contribution in [0.3, 0.4) is 0 Å². The van der Waals surface area contributed by atoms with Crippen LogP contribution in [0.2, 0.25) is 0 Å². The van der Waals surface area contributed by atoms with E-state index in [1.165, 1.54) is 5.56 Å². The topological polar surface area (TPSA) is 32.3 Å². The average molecular weight is 424 g/mol. The normalized spacial score (nSPS) is 13.9. The van der Waals surface area contributed by atoms with Gasteiger partial charge in [0, 0.05) is 16.9 Å². The molecule has 0 saturated carbocycles. The van der Waals surface area contributed by atoms with Gasteiger partial charge in [0.2, 0.25) is 0 Å². The zero-order valence-electron chi connectivity index (χ0n) is 21.6. The Morgan fingerprint density at radius 1 is 0.806 bits per heavy atom. The quantitative estimate of drug-likeness (QED) is 0.487. The molecule has 0 aromatic heterocycles. The van der Waals surface area contributed by atoms with Gasteiger partial charge in [0.15, 0.2) is 0 Å². The van der Waals surface area contributed by atoms with Crippen LogP contribution in [0.1, 0.15) is 98.8 Å². The molecule has 31 heavy (non-hydrogen) atoms. The van der Waals surface area contributed by atoms with E-state index in [0.29, 0.717) is 11.7 Å². The summed E-state index contributed by atoms with van der Waals surface area (Å²) >= 11 is 0. The first-order valence-corrected chi connectivity index (χ1v) is 11.9. The molecule has 1 unspecified atom stereocenters. The summed E-state index contributed by atoms with van der Waals surface area (Å²) in [5.74, 6) is 0.955. The van der Waals surface area contributed by atoms with Crippen LogP contribution in [-0.2, 0) is 17.3 Å². The van der Waals surface area contributed by atoms with E-state index in [0.717, 1.165) is 41.8 Å². The first-order chi connectivity index (χ1) is 14.1. The first kappa shape index (κ1) is 25.3. The van der Waals surface area contributed by atoms with Crippen molar-refractivity contribution in [2.45, 2.75) is 99.3 Å². The Morgan fingerprint density at radius 2 is 1.39 bits per heavy atom. The minimum Gasteiger partial charge on any atom is -0.507 e. The number of anilines is 2. The maximum Gasteiger partial charge on any atom is 0.124 e. The number of nitrogens with one attached hydrogen (secondary N) is 1. The second-order valence-electron chi connectivity index (χ2n) is 12.2. The molecular weight excluding hydrogens is 378 g/mol. The molecule has 2 rings (SSSR count). The highest BCUT2D eigenvalue weighted by Gasteiger charge is 2.28. The lowest BCUT2D eigenvalue weighted by Gasteiger charge is -2.32. The predicted molar refractivity (Wildman–Crippen MR) is 137 cm³/mol. The summed E-state index contributed by atoms with van der Waals surface area (Å²) in [6.45, 7) is 22.4. The minimum atomic E-state index is -0.103. The molecule has 2 heteroatoms. The summed E-state index contributed by atoms with van der Waals surface area (Å²) in [5, 5.41) is 15.0. The van der Waals surface area contributed by atoms with Crippen LogP contribution in [-0.4, -0.2) is 5.11 Å². The van der Waals surface area contributed by atoms with Crippen molar-refractivity contribution < 1.29 is 5.11 Å². The first-order valence-electron chi connectivity index (χ1n) is 11.9. The molecule has 0 amide bonds. The molecular formula is C29H45NO. The van der Waals surface area contributed by atoms with Gasteiger partial charge in [0.05, 0.1) is 0 Å². The fourth-order valence-electron chi connectivity index (χ4n) is 4.21. The Bertz CT molecular complexity index is 858. The molecule has 0 radical (unpaired) electrons. The van der Waals surface area contributed by atoms with Gasteiger partial charge in [-0.1, -0.05) is 93.9 Å². The highest BCUT2D eigenvalue weighted by molar-refractivity contribution is 5.68. The number of hydrogen-bond acceptors (Lipinski definition) is 2. The van der Waals surface area contributed by atoms with Crippen molar-refractivity contribution in [3.8, 4) is 5.75 Å². The van der Waals surface area contributed by atoms with Crippen LogP contribution < -0.4 is 5.32 Å². The monoisotopic (exact) mass is 423 g/mol. The van der Waals surface area contributed by atoms with Crippen molar-refractivity contribution in [3.05, 3.63) is 53.1 Å². The lowest BCUT2D eigenvalue weighted by molar-refractivity contribution is 0.221. The largest absolute Gasteiger partial charge is 0.507 e. The van der Waals surface area contributed by atoms with Crippen LogP contribution in [0.5, 0.6) is 5.75 Å². The summed E-state index contributed by atoms with van der Waals surface area (Å²) < 4.78 is 0. The number of benzene rings is 2. The Balaban J connectivity index is 2.50. The summed E-state index contributed by atoms with van der Waals surface area (Å²) in [5.41, 5.74) is 5.66. The lowest BCUT2D eigenvalue weighted by Crippen LogP contribution is -2.23. The van der Waals surface area contributed by atoms with E-state index < -0.39 is 0 Å². The molecule has 0 saturated heterocycles. The van der Waals surface area contributed by atoms with Crippen molar-refractivity contribution in [3.63, 3.8) is 0 Å². The number of hydrogen-bond donors (Lipinski definition) is 2. The number of rotatable bonds is 6. The van der Waals surface area contributed by atoms with Gasteiger partial charge in [0.25, 0.3) is 0 Å². The van der Waals surface area contributed by atoms with E-state index >= 15 is 0 Å². The van der Waals surface area contributed by atoms with Crippen molar-refractivity contribution >= 4 is 11.4 Å². The molecule has 0 aliphatic carbocycles. The van der Waals surface area contributed by atoms with Crippen LogP contribution >= 0.6 is 0 Å². The van der Waals surface area contributed by atoms with Gasteiger partial charge in [-0.05, 0) is 64.3 Å². The fraction of sp³-hybridized carbons (Fsp3) is 0.586. The summed E-state index contributed by atoms with van der Waals surface area (Å²) in [4.78, 5) is 0. The molecule has 0 aliphatic rings. The van der Waals surface area contributed by atoms with Gasteiger partial charge in [-0.15, -0.1) is 0 Å². The standard InChI is InChI=1S/C29H45NO/c1-11-12-21(28(5,6)7)19-23-25(18-17-24(26(23)31)29(8,9)10)30-22-15-13-20(14-16-22)27(2,3)4/h13-18,21,30-31H,11-12,19H2,1-10H3.